The second kappa shape index (κ2) is 7.98. The number of hydrogen-bond donors (Lipinski definition) is 1. The van der Waals surface area contributed by atoms with Gasteiger partial charge in [-0.3, -0.25) is 4.79 Å². The molecule has 2 aromatic rings. The van der Waals surface area contributed by atoms with Crippen molar-refractivity contribution < 1.29 is 14.6 Å². The van der Waals surface area contributed by atoms with Gasteiger partial charge in [-0.25, -0.2) is 0 Å². The molecule has 0 aromatic heterocycles. The summed E-state index contributed by atoms with van der Waals surface area (Å²) in [5.74, 6) is 0.243. The van der Waals surface area contributed by atoms with Gasteiger partial charge in [-0.2, -0.15) is 0 Å². The number of carboxylic acids is 1. The van der Waals surface area contributed by atoms with Crippen LogP contribution < -0.4 is 4.74 Å². The van der Waals surface area contributed by atoms with Gasteiger partial charge < -0.3 is 14.7 Å². The van der Waals surface area contributed by atoms with Gasteiger partial charge in [-0.05, 0) is 49.2 Å². The van der Waals surface area contributed by atoms with Crippen LogP contribution in [0.5, 0.6) is 5.75 Å². The van der Waals surface area contributed by atoms with E-state index in [0.29, 0.717) is 13.2 Å². The molecule has 0 bridgehead atoms. The van der Waals surface area contributed by atoms with Crippen molar-refractivity contribution in [2.24, 2.45) is 0 Å². The number of fused-ring (bicyclic) bond motifs is 2. The van der Waals surface area contributed by atoms with Crippen molar-refractivity contribution in [3.63, 3.8) is 0 Å². The smallest absolute Gasteiger partial charge is 0.304 e. The number of ether oxygens (including phenoxy) is 1. The zero-order valence-electron chi connectivity index (χ0n) is 15.7. The maximum atomic E-state index is 10.8. The molecule has 2 aliphatic rings. The van der Waals surface area contributed by atoms with E-state index in [1.165, 1.54) is 5.56 Å². The number of piperidine rings is 1. The van der Waals surface area contributed by atoms with E-state index >= 15 is 0 Å². The van der Waals surface area contributed by atoms with Gasteiger partial charge in [-0.1, -0.05) is 54.1 Å². The van der Waals surface area contributed by atoms with Crippen LogP contribution in [0.4, 0.5) is 0 Å². The monoisotopic (exact) mass is 397 g/mol. The van der Waals surface area contributed by atoms with Crippen molar-refractivity contribution >= 4 is 29.7 Å². The van der Waals surface area contributed by atoms with Crippen LogP contribution in [0, 0.1) is 0 Å². The Hall–Kier alpha value is -2.30. The maximum absolute atomic E-state index is 10.8. The molecule has 28 heavy (non-hydrogen) atoms. The molecule has 0 saturated carbocycles. The predicted octanol–water partition coefficient (Wildman–Crippen LogP) is 4.71. The normalized spacial score (nSPS) is 18.3. The van der Waals surface area contributed by atoms with E-state index in [0.717, 1.165) is 47.8 Å². The first-order valence-electron chi connectivity index (χ1n) is 9.70. The fourth-order valence-corrected chi connectivity index (χ4v) is 4.36. The molecular weight excluding hydrogens is 374 g/mol. The van der Waals surface area contributed by atoms with Crippen molar-refractivity contribution in [3.05, 3.63) is 64.2 Å². The van der Waals surface area contributed by atoms with Gasteiger partial charge in [0.15, 0.2) is 0 Å². The summed E-state index contributed by atoms with van der Waals surface area (Å²) in [5.41, 5.74) is 3.45. The van der Waals surface area contributed by atoms with Crippen LogP contribution in [-0.2, 0) is 10.2 Å². The molecule has 1 saturated heterocycles. The summed E-state index contributed by atoms with van der Waals surface area (Å²) >= 11 is 6.22. The number of carbonyl (C=O) groups is 1. The Kier molecular flexibility index (Phi) is 5.42. The van der Waals surface area contributed by atoms with Crippen LogP contribution in [0.15, 0.2) is 42.5 Å². The third-order valence-electron chi connectivity index (χ3n) is 5.90. The van der Waals surface area contributed by atoms with Gasteiger partial charge in [-0.15, -0.1) is 0 Å². The van der Waals surface area contributed by atoms with E-state index in [9.17, 15) is 4.79 Å². The molecule has 1 N–H and O–H groups in total. The van der Waals surface area contributed by atoms with E-state index in [2.05, 4.69) is 29.2 Å². The fraction of sp³-hybridized carbons (Fsp3) is 0.348. The van der Waals surface area contributed by atoms with Crippen molar-refractivity contribution in [2.45, 2.75) is 24.7 Å². The van der Waals surface area contributed by atoms with E-state index in [-0.39, 0.29) is 11.8 Å². The highest BCUT2D eigenvalue weighted by Gasteiger charge is 2.42. The molecule has 2 aliphatic heterocycles. The number of aliphatic carboxylic acids is 1. The number of nitrogens with zero attached hydrogens (tertiary/aromatic N) is 1. The van der Waals surface area contributed by atoms with Gasteiger partial charge in [0.1, 0.15) is 5.75 Å². The third kappa shape index (κ3) is 3.94. The number of benzene rings is 2. The highest BCUT2D eigenvalue weighted by molar-refractivity contribution is 6.32. The van der Waals surface area contributed by atoms with Crippen molar-refractivity contribution in [1.82, 2.24) is 4.90 Å². The summed E-state index contributed by atoms with van der Waals surface area (Å²) < 4.78 is 6.07. The summed E-state index contributed by atoms with van der Waals surface area (Å²) in [6.07, 6.45) is 6.31. The maximum Gasteiger partial charge on any atom is 0.304 e. The molecule has 0 amide bonds. The van der Waals surface area contributed by atoms with Gasteiger partial charge in [0, 0.05) is 22.5 Å². The van der Waals surface area contributed by atoms with Gasteiger partial charge in [0.05, 0.1) is 13.0 Å². The van der Waals surface area contributed by atoms with Gasteiger partial charge in [0.25, 0.3) is 0 Å². The van der Waals surface area contributed by atoms with E-state index in [4.69, 9.17) is 21.4 Å². The first-order valence-corrected chi connectivity index (χ1v) is 10.1. The average Bonchev–Trinajstić information content (AvgIpc) is 3.04. The summed E-state index contributed by atoms with van der Waals surface area (Å²) in [6.45, 7) is 3.19. The quantitative estimate of drug-likeness (QED) is 0.742. The molecule has 4 rings (SSSR count). The molecule has 0 aliphatic carbocycles. The number of likely N-dealkylation sites (tertiary alicyclic amines) is 1. The molecule has 0 atom stereocenters. The predicted molar refractivity (Wildman–Crippen MR) is 112 cm³/mol. The molecule has 0 unspecified atom stereocenters. The summed E-state index contributed by atoms with van der Waals surface area (Å²) in [5, 5.41) is 9.62. The Bertz CT molecular complexity index is 900. The molecule has 1 spiro atoms. The van der Waals surface area contributed by atoms with E-state index in [1.807, 2.05) is 30.3 Å². The third-order valence-corrected chi connectivity index (χ3v) is 6.24. The molecule has 2 heterocycles. The molecule has 1 fully saturated rings. The van der Waals surface area contributed by atoms with E-state index < -0.39 is 5.97 Å². The lowest BCUT2D eigenvalue weighted by Crippen LogP contribution is -2.44. The highest BCUT2D eigenvalue weighted by atomic mass is 35.5. The summed E-state index contributed by atoms with van der Waals surface area (Å²) in [4.78, 5) is 13.0. The average molecular weight is 398 g/mol. The lowest BCUT2D eigenvalue weighted by atomic mass is 9.74. The molecular formula is C23H24ClNO3. The lowest BCUT2D eigenvalue weighted by Gasteiger charge is -2.38. The molecule has 4 nitrogen and oxygen atoms in total. The van der Waals surface area contributed by atoms with Crippen LogP contribution in [0.3, 0.4) is 0 Å². The van der Waals surface area contributed by atoms with Crippen molar-refractivity contribution in [2.75, 3.05) is 26.2 Å². The first-order chi connectivity index (χ1) is 13.6. The van der Waals surface area contributed by atoms with Crippen LogP contribution in [0.1, 0.15) is 36.0 Å². The molecule has 146 valence electrons. The van der Waals surface area contributed by atoms with E-state index in [1.54, 1.807) is 0 Å². The Balaban J connectivity index is 1.46. The zero-order chi connectivity index (χ0) is 19.6. The van der Waals surface area contributed by atoms with Crippen LogP contribution in [0.25, 0.3) is 12.2 Å². The topological polar surface area (TPSA) is 49.8 Å². The first kappa shape index (κ1) is 19.0. The van der Waals surface area contributed by atoms with Gasteiger partial charge in [0.2, 0.25) is 0 Å². The number of rotatable bonds is 5. The second-order valence-corrected chi connectivity index (χ2v) is 8.07. The fourth-order valence-electron chi connectivity index (χ4n) is 4.16. The number of carboxylic acid groups (broad SMARTS) is 1. The van der Waals surface area contributed by atoms with Crippen molar-refractivity contribution in [3.8, 4) is 5.75 Å². The standard InChI is InChI=1S/C23H24ClNO3/c24-20-4-2-1-3-18(20)7-5-17-6-8-19-21(15-17)28-16-23(19)10-13-25(14-11-23)12-9-22(26)27/h1-8,15H,9-14,16H2,(H,26,27)/b7-5+. The second-order valence-electron chi connectivity index (χ2n) is 7.66. The highest BCUT2D eigenvalue weighted by Crippen LogP contribution is 2.46. The van der Waals surface area contributed by atoms with Crippen LogP contribution in [-0.4, -0.2) is 42.2 Å². The Morgan fingerprint density at radius 2 is 1.96 bits per heavy atom. The minimum Gasteiger partial charge on any atom is -0.492 e. The Labute approximate surface area is 170 Å². The summed E-state index contributed by atoms with van der Waals surface area (Å²) in [7, 11) is 0. The molecule has 2 aromatic carbocycles. The minimum atomic E-state index is -0.729. The van der Waals surface area contributed by atoms with Crippen molar-refractivity contribution in [1.29, 1.82) is 0 Å². The van der Waals surface area contributed by atoms with Gasteiger partial charge >= 0.3 is 5.97 Å². The lowest BCUT2D eigenvalue weighted by molar-refractivity contribution is -0.137. The zero-order valence-corrected chi connectivity index (χ0v) is 16.5. The minimum absolute atomic E-state index is 0.0695. The summed E-state index contributed by atoms with van der Waals surface area (Å²) in [6, 6.07) is 14.2. The Morgan fingerprint density at radius 1 is 1.18 bits per heavy atom. The largest absolute Gasteiger partial charge is 0.492 e. The number of hydrogen-bond acceptors (Lipinski definition) is 3. The Morgan fingerprint density at radius 3 is 2.71 bits per heavy atom. The van der Waals surface area contributed by atoms with Crippen LogP contribution in [0.2, 0.25) is 5.02 Å². The molecule has 0 radical (unpaired) electrons. The molecule has 5 heteroatoms. The number of halogens is 1. The SMILES string of the molecule is O=C(O)CCN1CCC2(CC1)COc1cc(/C=C/c3ccccc3Cl)ccc12. The van der Waals surface area contributed by atoms with Crippen LogP contribution >= 0.6 is 11.6 Å².